The van der Waals surface area contributed by atoms with Crippen molar-refractivity contribution in [3.05, 3.63) is 15.6 Å². The lowest BCUT2D eigenvalue weighted by molar-refractivity contribution is 0.0603. The first-order chi connectivity index (χ1) is 7.75. The molecule has 0 fully saturated rings. The van der Waals surface area contributed by atoms with E-state index in [0.717, 1.165) is 10.7 Å². The normalized spacial score (nSPS) is 13.5. The molecule has 0 spiro atoms. The Balaban J connectivity index is 3.17. The van der Waals surface area contributed by atoms with Crippen molar-refractivity contribution in [2.24, 2.45) is 5.73 Å². The first kappa shape index (κ1) is 14.1. The predicted octanol–water partition coefficient (Wildman–Crippen LogP) is 2.12. The van der Waals surface area contributed by atoms with E-state index in [1.54, 1.807) is 0 Å². The lowest BCUT2D eigenvalue weighted by Crippen LogP contribution is -2.19. The number of methoxy groups -OCH3 is 1. The van der Waals surface area contributed by atoms with Crippen molar-refractivity contribution in [1.82, 2.24) is 4.98 Å². The first-order valence-corrected chi connectivity index (χ1v) is 6.41. The largest absolute Gasteiger partial charge is 0.465 e. The molecule has 17 heavy (non-hydrogen) atoms. The number of nitrogens with two attached hydrogens (primary N) is 1. The molecule has 1 unspecified atom stereocenters. The molecule has 0 aliphatic heterocycles. The Labute approximate surface area is 106 Å². The van der Waals surface area contributed by atoms with E-state index in [2.05, 4.69) is 4.98 Å². The first-order valence-electron chi connectivity index (χ1n) is 5.59. The summed E-state index contributed by atoms with van der Waals surface area (Å²) in [4.78, 5) is 16.8. The van der Waals surface area contributed by atoms with E-state index in [0.29, 0.717) is 11.3 Å². The lowest BCUT2D eigenvalue weighted by Gasteiger charge is -2.16. The summed E-state index contributed by atoms with van der Waals surface area (Å²) >= 11 is 1.38. The lowest BCUT2D eigenvalue weighted by atomic mass is 9.91. The summed E-state index contributed by atoms with van der Waals surface area (Å²) in [5, 5.41) is 0.894. The van der Waals surface area contributed by atoms with E-state index in [1.165, 1.54) is 18.4 Å². The van der Waals surface area contributed by atoms with Crippen molar-refractivity contribution < 1.29 is 9.53 Å². The van der Waals surface area contributed by atoms with Crippen molar-refractivity contribution in [3.63, 3.8) is 0 Å². The number of esters is 1. The van der Waals surface area contributed by atoms with Crippen LogP contribution in [0.2, 0.25) is 0 Å². The highest BCUT2D eigenvalue weighted by Crippen LogP contribution is 2.30. The van der Waals surface area contributed by atoms with Crippen LogP contribution in [0, 0.1) is 0 Å². The van der Waals surface area contributed by atoms with Gasteiger partial charge in [0.15, 0.2) is 0 Å². The Morgan fingerprint density at radius 3 is 2.53 bits per heavy atom. The van der Waals surface area contributed by atoms with Gasteiger partial charge in [-0.25, -0.2) is 9.78 Å². The van der Waals surface area contributed by atoms with Gasteiger partial charge in [0.1, 0.15) is 4.88 Å². The van der Waals surface area contributed by atoms with E-state index in [1.807, 2.05) is 27.7 Å². The molecular formula is C12H20N2O2S. The molecule has 0 aliphatic carbocycles. The minimum absolute atomic E-state index is 0.0412. The Kier molecular flexibility index (Phi) is 4.27. The minimum atomic E-state index is -0.316. The van der Waals surface area contributed by atoms with Gasteiger partial charge in [-0.15, -0.1) is 11.3 Å². The molecule has 1 rings (SSSR count). The third-order valence-corrected chi connectivity index (χ3v) is 3.31. The number of hydrogen-bond donors (Lipinski definition) is 1. The highest BCUT2D eigenvalue weighted by molar-refractivity contribution is 7.13. The molecule has 1 aromatic heterocycles. The van der Waals surface area contributed by atoms with E-state index in [4.69, 9.17) is 10.5 Å². The summed E-state index contributed by atoms with van der Waals surface area (Å²) in [5.41, 5.74) is 6.38. The van der Waals surface area contributed by atoms with E-state index < -0.39 is 0 Å². The number of rotatable bonds is 3. The van der Waals surface area contributed by atoms with Gasteiger partial charge < -0.3 is 10.5 Å². The second-order valence-corrected chi connectivity index (χ2v) is 6.29. The Morgan fingerprint density at radius 2 is 2.12 bits per heavy atom. The van der Waals surface area contributed by atoms with Gasteiger partial charge in [-0.05, 0) is 6.92 Å². The Bertz CT molecular complexity index is 405. The molecule has 2 N–H and O–H groups in total. The Morgan fingerprint density at radius 1 is 1.53 bits per heavy atom. The molecule has 1 atom stereocenters. The van der Waals surface area contributed by atoms with Crippen LogP contribution in [0.4, 0.5) is 0 Å². The number of carbonyl (C=O) groups excluding carboxylic acids is 1. The van der Waals surface area contributed by atoms with Gasteiger partial charge in [-0.1, -0.05) is 20.8 Å². The van der Waals surface area contributed by atoms with Crippen LogP contribution in [-0.4, -0.2) is 24.1 Å². The van der Waals surface area contributed by atoms with Crippen LogP contribution < -0.4 is 5.73 Å². The molecule has 4 nitrogen and oxygen atoms in total. The third-order valence-electron chi connectivity index (χ3n) is 2.25. The maximum atomic E-state index is 11.7. The molecule has 5 heteroatoms. The number of thiazole rings is 1. The van der Waals surface area contributed by atoms with Crippen molar-refractivity contribution >= 4 is 17.3 Å². The van der Waals surface area contributed by atoms with Crippen LogP contribution in [0.5, 0.6) is 0 Å². The molecule has 0 amide bonds. The van der Waals surface area contributed by atoms with Gasteiger partial charge in [-0.3, -0.25) is 0 Å². The zero-order valence-corrected chi connectivity index (χ0v) is 11.9. The molecule has 0 saturated carbocycles. The monoisotopic (exact) mass is 256 g/mol. The fourth-order valence-electron chi connectivity index (χ4n) is 1.47. The zero-order chi connectivity index (χ0) is 13.2. The molecule has 0 bridgehead atoms. The third kappa shape index (κ3) is 3.51. The second kappa shape index (κ2) is 5.14. The minimum Gasteiger partial charge on any atom is -0.465 e. The fourth-order valence-corrected chi connectivity index (χ4v) is 2.80. The number of ether oxygens (including phenoxy) is 1. The van der Waals surface area contributed by atoms with Crippen molar-refractivity contribution in [3.8, 4) is 0 Å². The molecule has 0 saturated heterocycles. The van der Waals surface area contributed by atoms with Gasteiger partial charge in [0.05, 0.1) is 17.8 Å². The number of aromatic nitrogens is 1. The average molecular weight is 256 g/mol. The van der Waals surface area contributed by atoms with Crippen LogP contribution in [0.15, 0.2) is 0 Å². The molecule has 0 aliphatic rings. The van der Waals surface area contributed by atoms with Gasteiger partial charge in [0.2, 0.25) is 0 Å². The summed E-state index contributed by atoms with van der Waals surface area (Å²) in [6.07, 6.45) is 0.685. The molecule has 0 radical (unpaired) electrons. The average Bonchev–Trinajstić information content (AvgIpc) is 2.59. The SMILES string of the molecule is COC(=O)c1sc(CC(C)N)nc1C(C)(C)C. The van der Waals surface area contributed by atoms with Gasteiger partial charge in [0.25, 0.3) is 0 Å². The maximum absolute atomic E-state index is 11.7. The van der Waals surface area contributed by atoms with Crippen molar-refractivity contribution in [2.75, 3.05) is 7.11 Å². The molecule has 0 aromatic carbocycles. The van der Waals surface area contributed by atoms with Crippen LogP contribution >= 0.6 is 11.3 Å². The number of carbonyl (C=O) groups is 1. The molecular weight excluding hydrogens is 236 g/mol. The van der Waals surface area contributed by atoms with Crippen LogP contribution in [-0.2, 0) is 16.6 Å². The highest BCUT2D eigenvalue weighted by Gasteiger charge is 2.27. The smallest absolute Gasteiger partial charge is 0.350 e. The van der Waals surface area contributed by atoms with Crippen LogP contribution in [0.1, 0.15) is 48.1 Å². The zero-order valence-electron chi connectivity index (χ0n) is 11.0. The fraction of sp³-hybridized carbons (Fsp3) is 0.667. The van der Waals surface area contributed by atoms with Crippen LogP contribution in [0.25, 0.3) is 0 Å². The molecule has 1 heterocycles. The van der Waals surface area contributed by atoms with E-state index >= 15 is 0 Å². The molecule has 1 aromatic rings. The topological polar surface area (TPSA) is 65.2 Å². The van der Waals surface area contributed by atoms with Crippen molar-refractivity contribution in [1.29, 1.82) is 0 Å². The summed E-state index contributed by atoms with van der Waals surface area (Å²) in [5.74, 6) is -0.316. The Hall–Kier alpha value is -0.940. The maximum Gasteiger partial charge on any atom is 0.350 e. The summed E-state index contributed by atoms with van der Waals surface area (Å²) in [6.45, 7) is 8.02. The predicted molar refractivity (Wildman–Crippen MR) is 69.5 cm³/mol. The van der Waals surface area contributed by atoms with Crippen LogP contribution in [0.3, 0.4) is 0 Å². The summed E-state index contributed by atoms with van der Waals surface area (Å²) < 4.78 is 4.79. The van der Waals surface area contributed by atoms with E-state index in [-0.39, 0.29) is 17.4 Å². The number of hydrogen-bond acceptors (Lipinski definition) is 5. The van der Waals surface area contributed by atoms with E-state index in [9.17, 15) is 4.79 Å². The van der Waals surface area contributed by atoms with Gasteiger partial charge in [-0.2, -0.15) is 0 Å². The standard InChI is InChI=1S/C12H20N2O2S/c1-7(13)6-8-14-10(12(2,3)4)9(17-8)11(15)16-5/h7H,6,13H2,1-5H3. The number of nitrogens with zero attached hydrogens (tertiary/aromatic N) is 1. The highest BCUT2D eigenvalue weighted by atomic mass is 32.1. The van der Waals surface area contributed by atoms with Gasteiger partial charge in [0, 0.05) is 17.9 Å². The van der Waals surface area contributed by atoms with Crippen molar-refractivity contribution in [2.45, 2.75) is 45.6 Å². The quantitative estimate of drug-likeness (QED) is 0.841. The summed E-state index contributed by atoms with van der Waals surface area (Å²) in [7, 11) is 1.39. The summed E-state index contributed by atoms with van der Waals surface area (Å²) in [6, 6.07) is 0.0412. The second-order valence-electron chi connectivity index (χ2n) is 5.21. The molecule has 96 valence electrons. The van der Waals surface area contributed by atoms with Gasteiger partial charge >= 0.3 is 5.97 Å².